The quantitative estimate of drug-likeness (QED) is 0.539. The molecule has 0 aliphatic carbocycles. The number of nitriles is 1. The van der Waals surface area contributed by atoms with Gasteiger partial charge in [0.1, 0.15) is 9.77 Å². The monoisotopic (exact) mass is 336 g/mol. The molecule has 0 spiro atoms. The van der Waals surface area contributed by atoms with Crippen LogP contribution in [0.2, 0.25) is 0 Å². The van der Waals surface area contributed by atoms with Crippen LogP contribution in [0.1, 0.15) is 16.8 Å². The van der Waals surface area contributed by atoms with E-state index in [4.69, 9.17) is 5.26 Å². The van der Waals surface area contributed by atoms with Gasteiger partial charge in [-0.1, -0.05) is 0 Å². The fraction of sp³-hybridized carbons (Fsp3) is 0.250. The summed E-state index contributed by atoms with van der Waals surface area (Å²) in [4.78, 5) is 4.22. The van der Waals surface area contributed by atoms with E-state index < -0.39 is 0 Å². The largest absolute Gasteiger partial charge is 0.245 e. The summed E-state index contributed by atoms with van der Waals surface area (Å²) in [7, 11) is 0. The molecule has 0 saturated heterocycles. The Kier molecular flexibility index (Phi) is 3.07. The van der Waals surface area contributed by atoms with Gasteiger partial charge in [-0.2, -0.15) is 5.26 Å². The minimum Gasteiger partial charge on any atom is -0.245 e. The molecule has 2 nitrogen and oxygen atoms in total. The van der Waals surface area contributed by atoms with Gasteiger partial charge < -0.3 is 0 Å². The normalized spacial score (nSPS) is 9.58. The molecule has 0 unspecified atom stereocenters. The third-order valence-corrected chi connectivity index (χ3v) is 3.56. The Morgan fingerprint density at radius 2 is 2.08 bits per heavy atom. The molecule has 1 aromatic heterocycles. The summed E-state index contributed by atoms with van der Waals surface area (Å²) in [6, 6.07) is 2.13. The van der Waals surface area contributed by atoms with Gasteiger partial charge in [-0.05, 0) is 57.9 Å². The van der Waals surface area contributed by atoms with E-state index in [0.717, 1.165) is 19.4 Å². The van der Waals surface area contributed by atoms with Gasteiger partial charge in [-0.25, -0.2) is 4.98 Å². The van der Waals surface area contributed by atoms with E-state index in [-0.39, 0.29) is 0 Å². The fourth-order valence-electron chi connectivity index (χ4n) is 0.918. The first kappa shape index (κ1) is 9.93. The van der Waals surface area contributed by atoms with Crippen LogP contribution < -0.4 is 0 Å². The summed E-state index contributed by atoms with van der Waals surface area (Å²) in [5.74, 6) is 0. The number of hydrogen-bond acceptors (Lipinski definition) is 2. The molecular weight excluding hydrogens is 331 g/mol. The third kappa shape index (κ3) is 1.62. The van der Waals surface area contributed by atoms with Crippen molar-refractivity contribution in [2.24, 2.45) is 0 Å². The molecule has 1 heterocycles. The zero-order chi connectivity index (χ0) is 9.30. The molecule has 0 bridgehead atoms. The molecule has 0 saturated carbocycles. The van der Waals surface area contributed by atoms with Gasteiger partial charge in [0, 0.05) is 4.47 Å². The highest BCUT2D eigenvalue weighted by molar-refractivity contribution is 14.1. The molecule has 1 aromatic rings. The Balaban J connectivity index is 3.54. The Morgan fingerprint density at radius 1 is 1.50 bits per heavy atom. The van der Waals surface area contributed by atoms with Gasteiger partial charge in [-0.3, -0.25) is 0 Å². The maximum atomic E-state index is 8.80. The van der Waals surface area contributed by atoms with Crippen molar-refractivity contribution >= 4 is 38.5 Å². The van der Waals surface area contributed by atoms with Crippen LogP contribution in [-0.4, -0.2) is 4.98 Å². The van der Waals surface area contributed by atoms with Crippen LogP contribution in [0.25, 0.3) is 0 Å². The van der Waals surface area contributed by atoms with E-state index in [9.17, 15) is 0 Å². The molecule has 0 atom stereocenters. The van der Waals surface area contributed by atoms with E-state index in [1.54, 1.807) is 0 Å². The van der Waals surface area contributed by atoms with Crippen LogP contribution in [0.5, 0.6) is 0 Å². The lowest BCUT2D eigenvalue weighted by molar-refractivity contribution is 1.10. The average molecular weight is 337 g/mol. The van der Waals surface area contributed by atoms with Gasteiger partial charge in [0.15, 0.2) is 0 Å². The van der Waals surface area contributed by atoms with E-state index in [0.29, 0.717) is 5.56 Å². The lowest BCUT2D eigenvalue weighted by atomic mass is 10.1. The van der Waals surface area contributed by atoms with Crippen molar-refractivity contribution in [3.63, 3.8) is 0 Å². The molecule has 0 amide bonds. The maximum Gasteiger partial charge on any atom is 0.119 e. The number of pyridine rings is 1. The van der Waals surface area contributed by atoms with Crippen LogP contribution in [0.4, 0.5) is 0 Å². The van der Waals surface area contributed by atoms with Crippen LogP contribution in [-0.2, 0) is 0 Å². The summed E-state index contributed by atoms with van der Waals surface area (Å²) in [6.07, 6.45) is 0. The van der Waals surface area contributed by atoms with Crippen molar-refractivity contribution in [3.8, 4) is 6.07 Å². The average Bonchev–Trinajstić information content (AvgIpc) is 2.01. The first-order valence-corrected chi connectivity index (χ1v) is 5.17. The first-order valence-electron chi connectivity index (χ1n) is 3.30. The third-order valence-electron chi connectivity index (χ3n) is 1.61. The standard InChI is InChI=1S/C8H6BrIN2/c1-4-6(3-11)8(10)12-5(2)7(4)9/h1-2H3. The lowest BCUT2D eigenvalue weighted by Crippen LogP contribution is -1.96. The predicted molar refractivity (Wildman–Crippen MR) is 58.8 cm³/mol. The molecule has 0 aliphatic heterocycles. The van der Waals surface area contributed by atoms with Crippen molar-refractivity contribution in [1.82, 2.24) is 4.98 Å². The van der Waals surface area contributed by atoms with E-state index in [1.807, 2.05) is 13.8 Å². The van der Waals surface area contributed by atoms with Crippen LogP contribution in [0.15, 0.2) is 4.47 Å². The second kappa shape index (κ2) is 3.71. The molecular formula is C8H6BrIN2. The zero-order valence-corrected chi connectivity index (χ0v) is 10.4. The van der Waals surface area contributed by atoms with Crippen LogP contribution >= 0.6 is 38.5 Å². The summed E-state index contributed by atoms with van der Waals surface area (Å²) in [5, 5.41) is 8.80. The van der Waals surface area contributed by atoms with Gasteiger partial charge in [-0.15, -0.1) is 0 Å². The molecule has 0 aromatic carbocycles. The smallest absolute Gasteiger partial charge is 0.119 e. The zero-order valence-electron chi connectivity index (χ0n) is 6.65. The van der Waals surface area contributed by atoms with Crippen LogP contribution in [0, 0.1) is 28.9 Å². The molecule has 1 rings (SSSR count). The number of nitrogens with zero attached hydrogens (tertiary/aromatic N) is 2. The van der Waals surface area contributed by atoms with E-state index in [1.165, 1.54) is 0 Å². The number of aromatic nitrogens is 1. The Bertz CT molecular complexity index is 368. The minimum atomic E-state index is 0.660. The Hall–Kier alpha value is -0.150. The van der Waals surface area contributed by atoms with E-state index in [2.05, 4.69) is 49.6 Å². The molecule has 4 heteroatoms. The van der Waals surface area contributed by atoms with E-state index >= 15 is 0 Å². The van der Waals surface area contributed by atoms with Crippen molar-refractivity contribution in [1.29, 1.82) is 5.26 Å². The SMILES string of the molecule is Cc1nc(I)c(C#N)c(C)c1Br. The first-order chi connectivity index (χ1) is 5.57. The Labute approximate surface area is 93.3 Å². The Morgan fingerprint density at radius 3 is 2.58 bits per heavy atom. The van der Waals surface area contributed by atoms with Gasteiger partial charge in [0.25, 0.3) is 0 Å². The fourth-order valence-corrected chi connectivity index (χ4v) is 2.09. The predicted octanol–water partition coefficient (Wildman–Crippen LogP) is 2.94. The maximum absolute atomic E-state index is 8.80. The molecule has 0 N–H and O–H groups in total. The lowest BCUT2D eigenvalue weighted by Gasteiger charge is -2.05. The van der Waals surface area contributed by atoms with Gasteiger partial charge >= 0.3 is 0 Å². The molecule has 62 valence electrons. The number of halogens is 2. The van der Waals surface area contributed by atoms with Crippen LogP contribution in [0.3, 0.4) is 0 Å². The molecule has 0 fully saturated rings. The highest BCUT2D eigenvalue weighted by Gasteiger charge is 2.10. The van der Waals surface area contributed by atoms with Crippen molar-refractivity contribution in [2.45, 2.75) is 13.8 Å². The highest BCUT2D eigenvalue weighted by Crippen LogP contribution is 2.24. The number of aryl methyl sites for hydroxylation is 1. The van der Waals surface area contributed by atoms with Gasteiger partial charge in [0.2, 0.25) is 0 Å². The highest BCUT2D eigenvalue weighted by atomic mass is 127. The van der Waals surface area contributed by atoms with Crippen molar-refractivity contribution in [3.05, 3.63) is 25.0 Å². The molecule has 0 radical (unpaired) electrons. The summed E-state index contributed by atoms with van der Waals surface area (Å²) in [5.41, 5.74) is 2.55. The molecule has 0 aliphatic rings. The summed E-state index contributed by atoms with van der Waals surface area (Å²) in [6.45, 7) is 3.83. The summed E-state index contributed by atoms with van der Waals surface area (Å²) >= 11 is 5.46. The number of rotatable bonds is 0. The summed E-state index contributed by atoms with van der Waals surface area (Å²) < 4.78 is 1.70. The van der Waals surface area contributed by atoms with Crippen molar-refractivity contribution in [2.75, 3.05) is 0 Å². The topological polar surface area (TPSA) is 36.7 Å². The second-order valence-corrected chi connectivity index (χ2v) is 4.23. The minimum absolute atomic E-state index is 0.660. The van der Waals surface area contributed by atoms with Gasteiger partial charge in [0.05, 0.1) is 11.3 Å². The second-order valence-electron chi connectivity index (χ2n) is 2.41. The molecule has 12 heavy (non-hydrogen) atoms. The van der Waals surface area contributed by atoms with Crippen molar-refractivity contribution < 1.29 is 0 Å². The number of hydrogen-bond donors (Lipinski definition) is 0.